The second kappa shape index (κ2) is 8.28. The van der Waals surface area contributed by atoms with Gasteiger partial charge >= 0.3 is 0 Å². The maximum absolute atomic E-state index is 12.9. The fourth-order valence-electron chi connectivity index (χ4n) is 5.16. The quantitative estimate of drug-likeness (QED) is 0.723. The number of hydrogen-bond donors (Lipinski definition) is 1. The standard InChI is InChI=1S/C23H31N5O/c29-23-22-21(19-9-4-5-10-20(19)25-22)24-17-28(23)12-6-11-26-13-15-27(16-14-26)18-7-2-1-3-8-18/h4-5,9-10,17-18,25H,1-3,6-8,11-16H2. The number of rotatable bonds is 5. The first kappa shape index (κ1) is 18.8. The number of benzene rings is 1. The zero-order valence-corrected chi connectivity index (χ0v) is 17.1. The van der Waals surface area contributed by atoms with Gasteiger partial charge in [0, 0.05) is 49.7 Å². The minimum atomic E-state index is 0.0355. The molecular weight excluding hydrogens is 362 g/mol. The van der Waals surface area contributed by atoms with Gasteiger partial charge in [-0.15, -0.1) is 0 Å². The fourth-order valence-corrected chi connectivity index (χ4v) is 5.16. The molecule has 6 heteroatoms. The van der Waals surface area contributed by atoms with Gasteiger partial charge in [-0.3, -0.25) is 14.3 Å². The van der Waals surface area contributed by atoms with Crippen molar-refractivity contribution < 1.29 is 0 Å². The molecule has 6 nitrogen and oxygen atoms in total. The van der Waals surface area contributed by atoms with Gasteiger partial charge in [0.25, 0.3) is 5.56 Å². The number of aromatic nitrogens is 3. The lowest BCUT2D eigenvalue weighted by atomic mass is 9.94. The number of hydrogen-bond acceptors (Lipinski definition) is 4. The third kappa shape index (κ3) is 3.83. The Morgan fingerprint density at radius 1 is 1.00 bits per heavy atom. The molecule has 5 rings (SSSR count). The minimum Gasteiger partial charge on any atom is -0.349 e. The Bertz CT molecular complexity index is 1020. The Morgan fingerprint density at radius 3 is 2.62 bits per heavy atom. The van der Waals surface area contributed by atoms with E-state index in [9.17, 15) is 4.79 Å². The van der Waals surface area contributed by atoms with Crippen molar-refractivity contribution in [1.82, 2.24) is 24.3 Å². The third-order valence-electron chi connectivity index (χ3n) is 6.85. The summed E-state index contributed by atoms with van der Waals surface area (Å²) in [4.78, 5) is 26.0. The highest BCUT2D eigenvalue weighted by molar-refractivity contribution is 6.04. The summed E-state index contributed by atoms with van der Waals surface area (Å²) in [6.45, 7) is 6.49. The monoisotopic (exact) mass is 393 g/mol. The fraction of sp³-hybridized carbons (Fsp3) is 0.565. The van der Waals surface area contributed by atoms with E-state index in [4.69, 9.17) is 0 Å². The maximum atomic E-state index is 12.9. The van der Waals surface area contributed by atoms with E-state index in [-0.39, 0.29) is 5.56 Å². The van der Waals surface area contributed by atoms with Crippen molar-refractivity contribution in [2.75, 3.05) is 32.7 Å². The topological polar surface area (TPSA) is 57.2 Å². The zero-order valence-electron chi connectivity index (χ0n) is 17.1. The van der Waals surface area contributed by atoms with Gasteiger partial charge in [0.2, 0.25) is 0 Å². The van der Waals surface area contributed by atoms with Gasteiger partial charge in [0.05, 0.1) is 6.33 Å². The van der Waals surface area contributed by atoms with Crippen molar-refractivity contribution in [2.24, 2.45) is 0 Å². The van der Waals surface area contributed by atoms with Gasteiger partial charge < -0.3 is 9.88 Å². The summed E-state index contributed by atoms with van der Waals surface area (Å²) in [6, 6.07) is 8.80. The molecule has 1 aromatic carbocycles. The number of aromatic amines is 1. The van der Waals surface area contributed by atoms with E-state index in [1.165, 1.54) is 45.2 Å². The molecule has 2 aromatic heterocycles. The van der Waals surface area contributed by atoms with Crippen LogP contribution in [-0.4, -0.2) is 63.1 Å². The van der Waals surface area contributed by atoms with Crippen LogP contribution in [0.3, 0.4) is 0 Å². The lowest BCUT2D eigenvalue weighted by Crippen LogP contribution is -2.50. The molecule has 0 radical (unpaired) electrons. The number of fused-ring (bicyclic) bond motifs is 3. The highest BCUT2D eigenvalue weighted by Gasteiger charge is 2.24. The number of piperazine rings is 1. The van der Waals surface area contributed by atoms with Crippen LogP contribution < -0.4 is 5.56 Å². The van der Waals surface area contributed by atoms with E-state index in [0.717, 1.165) is 55.1 Å². The van der Waals surface area contributed by atoms with E-state index < -0.39 is 0 Å². The average Bonchev–Trinajstić information content (AvgIpc) is 3.16. The van der Waals surface area contributed by atoms with Crippen molar-refractivity contribution in [2.45, 2.75) is 51.1 Å². The summed E-state index contributed by atoms with van der Waals surface area (Å²) in [6.07, 6.45) is 9.73. The highest BCUT2D eigenvalue weighted by Crippen LogP contribution is 2.23. The Hall–Kier alpha value is -2.18. The third-order valence-corrected chi connectivity index (χ3v) is 6.85. The molecule has 0 bridgehead atoms. The van der Waals surface area contributed by atoms with Crippen LogP contribution in [-0.2, 0) is 6.54 Å². The zero-order chi connectivity index (χ0) is 19.6. The summed E-state index contributed by atoms with van der Waals surface area (Å²) < 4.78 is 1.76. The summed E-state index contributed by atoms with van der Waals surface area (Å²) >= 11 is 0. The molecule has 0 amide bonds. The highest BCUT2D eigenvalue weighted by atomic mass is 16.1. The van der Waals surface area contributed by atoms with Crippen LogP contribution in [0.5, 0.6) is 0 Å². The van der Waals surface area contributed by atoms with Crippen LogP contribution in [0, 0.1) is 0 Å². The molecule has 0 spiro atoms. The number of aryl methyl sites for hydroxylation is 1. The van der Waals surface area contributed by atoms with Gasteiger partial charge in [-0.25, -0.2) is 4.98 Å². The maximum Gasteiger partial charge on any atom is 0.277 e. The molecule has 2 fully saturated rings. The van der Waals surface area contributed by atoms with Gasteiger partial charge in [0.15, 0.2) is 0 Å². The molecular formula is C23H31N5O. The van der Waals surface area contributed by atoms with Gasteiger partial charge in [-0.2, -0.15) is 0 Å². The summed E-state index contributed by atoms with van der Waals surface area (Å²) in [5, 5.41) is 1.02. The minimum absolute atomic E-state index is 0.0355. The first-order valence-corrected chi connectivity index (χ1v) is 11.2. The van der Waals surface area contributed by atoms with Crippen LogP contribution in [0.2, 0.25) is 0 Å². The molecule has 0 unspecified atom stereocenters. The van der Waals surface area contributed by atoms with Crippen LogP contribution in [0.1, 0.15) is 38.5 Å². The molecule has 154 valence electrons. The molecule has 29 heavy (non-hydrogen) atoms. The molecule has 2 aliphatic rings. The van der Waals surface area contributed by atoms with Crippen LogP contribution >= 0.6 is 0 Å². The molecule has 1 aliphatic carbocycles. The van der Waals surface area contributed by atoms with Crippen molar-refractivity contribution in [1.29, 1.82) is 0 Å². The molecule has 3 heterocycles. The normalized spacial score (nSPS) is 20.0. The molecule has 3 aromatic rings. The van der Waals surface area contributed by atoms with E-state index in [1.54, 1.807) is 10.9 Å². The van der Waals surface area contributed by atoms with Crippen LogP contribution in [0.25, 0.3) is 21.9 Å². The summed E-state index contributed by atoms with van der Waals surface area (Å²) in [5.74, 6) is 0. The SMILES string of the molecule is O=c1c2[nH]c3ccccc3c2ncn1CCCN1CCN(C2CCCCC2)CC1. The van der Waals surface area contributed by atoms with Crippen molar-refractivity contribution in [3.05, 3.63) is 40.9 Å². The molecule has 1 aliphatic heterocycles. The largest absolute Gasteiger partial charge is 0.349 e. The number of nitrogens with one attached hydrogen (secondary N) is 1. The predicted octanol–water partition coefficient (Wildman–Crippen LogP) is 3.22. The molecule has 0 atom stereocenters. The lowest BCUT2D eigenvalue weighted by Gasteiger charge is -2.40. The Labute approximate surface area is 171 Å². The van der Waals surface area contributed by atoms with Crippen molar-refractivity contribution in [3.63, 3.8) is 0 Å². The predicted molar refractivity (Wildman–Crippen MR) is 117 cm³/mol. The van der Waals surface area contributed by atoms with E-state index in [2.05, 4.69) is 19.8 Å². The van der Waals surface area contributed by atoms with E-state index >= 15 is 0 Å². The second-order valence-corrected chi connectivity index (χ2v) is 8.66. The van der Waals surface area contributed by atoms with Gasteiger partial charge in [-0.1, -0.05) is 37.5 Å². The van der Waals surface area contributed by atoms with Gasteiger partial charge in [-0.05, 0) is 31.9 Å². The van der Waals surface area contributed by atoms with Crippen molar-refractivity contribution >= 4 is 21.9 Å². The smallest absolute Gasteiger partial charge is 0.277 e. The first-order valence-electron chi connectivity index (χ1n) is 11.2. The van der Waals surface area contributed by atoms with Gasteiger partial charge in [0.1, 0.15) is 11.0 Å². The molecule has 1 N–H and O–H groups in total. The van der Waals surface area contributed by atoms with Crippen LogP contribution in [0.4, 0.5) is 0 Å². The number of H-pyrrole nitrogens is 1. The second-order valence-electron chi connectivity index (χ2n) is 8.66. The van der Waals surface area contributed by atoms with Crippen molar-refractivity contribution in [3.8, 4) is 0 Å². The first-order chi connectivity index (χ1) is 14.3. The lowest BCUT2D eigenvalue weighted by molar-refractivity contribution is 0.0778. The molecule has 1 saturated heterocycles. The number of para-hydroxylation sites is 1. The number of nitrogens with zero attached hydrogens (tertiary/aromatic N) is 4. The summed E-state index contributed by atoms with van der Waals surface area (Å²) in [5.41, 5.74) is 2.41. The Balaban J connectivity index is 1.17. The summed E-state index contributed by atoms with van der Waals surface area (Å²) in [7, 11) is 0. The Morgan fingerprint density at radius 2 is 1.79 bits per heavy atom. The average molecular weight is 394 g/mol. The molecule has 1 saturated carbocycles. The Kier molecular flexibility index (Phi) is 5.38. The van der Waals surface area contributed by atoms with E-state index in [1.807, 2.05) is 24.3 Å². The van der Waals surface area contributed by atoms with Crippen LogP contribution in [0.15, 0.2) is 35.4 Å². The van der Waals surface area contributed by atoms with E-state index in [0.29, 0.717) is 5.52 Å².